The highest BCUT2D eigenvalue weighted by molar-refractivity contribution is 7.10. The van der Waals surface area contributed by atoms with Gasteiger partial charge in [0.1, 0.15) is 0 Å². The van der Waals surface area contributed by atoms with Gasteiger partial charge in [-0.15, -0.1) is 11.3 Å². The van der Waals surface area contributed by atoms with Crippen LogP contribution < -0.4 is 5.32 Å². The number of hydrogen-bond donors (Lipinski definition) is 1. The lowest BCUT2D eigenvalue weighted by molar-refractivity contribution is 0.628. The number of hydrogen-bond acceptors (Lipinski definition) is 2. The normalized spacial score (nSPS) is 16.4. The molecule has 1 fully saturated rings. The molecule has 1 heterocycles. The zero-order valence-electron chi connectivity index (χ0n) is 10.00. The van der Waals surface area contributed by atoms with Crippen molar-refractivity contribution in [2.45, 2.75) is 18.9 Å². The lowest BCUT2D eigenvalue weighted by Crippen LogP contribution is -2.11. The highest BCUT2D eigenvalue weighted by atomic mass is 35.5. The molecule has 5 heteroatoms. The molecule has 19 heavy (non-hydrogen) atoms. The Hall–Kier alpha value is -0.770. The van der Waals surface area contributed by atoms with E-state index in [0.29, 0.717) is 5.92 Å². The molecular formula is C14H12Cl2FNS. The Labute approximate surface area is 125 Å². The second kappa shape index (κ2) is 5.31. The summed E-state index contributed by atoms with van der Waals surface area (Å²) in [6.07, 6.45) is 2.44. The van der Waals surface area contributed by atoms with Crippen molar-refractivity contribution in [3.05, 3.63) is 50.4 Å². The summed E-state index contributed by atoms with van der Waals surface area (Å²) >= 11 is 13.4. The van der Waals surface area contributed by atoms with Crippen LogP contribution in [-0.4, -0.2) is 0 Å². The van der Waals surface area contributed by atoms with E-state index in [-0.39, 0.29) is 16.1 Å². The third-order valence-electron chi connectivity index (χ3n) is 3.25. The smallest absolute Gasteiger partial charge is 0.160 e. The Morgan fingerprint density at radius 3 is 2.47 bits per heavy atom. The lowest BCUT2D eigenvalue weighted by Gasteiger charge is -2.19. The van der Waals surface area contributed by atoms with Crippen LogP contribution in [0.5, 0.6) is 0 Å². The van der Waals surface area contributed by atoms with Crippen molar-refractivity contribution in [1.82, 2.24) is 0 Å². The van der Waals surface area contributed by atoms with Crippen molar-refractivity contribution >= 4 is 40.2 Å². The third-order valence-corrected chi connectivity index (χ3v) is 4.75. The van der Waals surface area contributed by atoms with E-state index >= 15 is 0 Å². The first-order valence-electron chi connectivity index (χ1n) is 6.09. The van der Waals surface area contributed by atoms with Crippen molar-refractivity contribution in [2.24, 2.45) is 5.92 Å². The molecule has 0 spiro atoms. The van der Waals surface area contributed by atoms with Gasteiger partial charge in [0.15, 0.2) is 5.82 Å². The highest BCUT2D eigenvalue weighted by Gasteiger charge is 2.33. The Morgan fingerprint density at radius 1 is 1.26 bits per heavy atom. The van der Waals surface area contributed by atoms with E-state index in [0.717, 1.165) is 5.69 Å². The van der Waals surface area contributed by atoms with Crippen LogP contribution in [0, 0.1) is 11.7 Å². The van der Waals surface area contributed by atoms with E-state index < -0.39 is 5.82 Å². The van der Waals surface area contributed by atoms with Crippen LogP contribution >= 0.6 is 34.5 Å². The van der Waals surface area contributed by atoms with Crippen molar-refractivity contribution in [1.29, 1.82) is 0 Å². The van der Waals surface area contributed by atoms with E-state index in [4.69, 9.17) is 23.2 Å². The van der Waals surface area contributed by atoms with Gasteiger partial charge in [-0.1, -0.05) is 29.3 Å². The minimum atomic E-state index is -0.562. The standard InChI is InChI=1S/C14H12Cl2FNS/c15-10-6-9(7-11(16)13(10)17)18-14(8-3-4-8)12-2-1-5-19-12/h1-2,5-8,14,18H,3-4H2. The molecule has 1 nitrogen and oxygen atoms in total. The summed E-state index contributed by atoms with van der Waals surface area (Å²) in [6.45, 7) is 0. The van der Waals surface area contributed by atoms with Gasteiger partial charge in [-0.3, -0.25) is 0 Å². The van der Waals surface area contributed by atoms with Crippen LogP contribution in [0.3, 0.4) is 0 Å². The zero-order valence-corrected chi connectivity index (χ0v) is 12.3. The number of nitrogens with one attached hydrogen (secondary N) is 1. The first-order chi connectivity index (χ1) is 9.15. The molecule has 0 radical (unpaired) electrons. The molecule has 1 aromatic heterocycles. The van der Waals surface area contributed by atoms with Crippen LogP contribution in [0.25, 0.3) is 0 Å². The van der Waals surface area contributed by atoms with E-state index in [1.165, 1.54) is 17.7 Å². The molecule has 1 saturated carbocycles. The molecule has 1 atom stereocenters. The van der Waals surface area contributed by atoms with Crippen LogP contribution in [0.4, 0.5) is 10.1 Å². The van der Waals surface area contributed by atoms with Gasteiger partial charge in [0.2, 0.25) is 0 Å². The SMILES string of the molecule is Fc1c(Cl)cc(NC(c2cccs2)C2CC2)cc1Cl. The van der Waals surface area contributed by atoms with Gasteiger partial charge in [-0.2, -0.15) is 0 Å². The molecule has 1 aliphatic rings. The van der Waals surface area contributed by atoms with E-state index in [1.807, 2.05) is 6.07 Å². The monoisotopic (exact) mass is 315 g/mol. The number of benzene rings is 1. The fraction of sp³-hybridized carbons (Fsp3) is 0.286. The Morgan fingerprint density at radius 2 is 1.95 bits per heavy atom. The second-order valence-electron chi connectivity index (χ2n) is 4.73. The van der Waals surface area contributed by atoms with Gasteiger partial charge >= 0.3 is 0 Å². The molecule has 1 aromatic carbocycles. The van der Waals surface area contributed by atoms with Crippen molar-refractivity contribution < 1.29 is 4.39 Å². The molecule has 0 amide bonds. The van der Waals surface area contributed by atoms with Crippen molar-refractivity contribution in [3.63, 3.8) is 0 Å². The van der Waals surface area contributed by atoms with Gasteiger partial charge in [0.05, 0.1) is 16.1 Å². The van der Waals surface area contributed by atoms with E-state index in [2.05, 4.69) is 16.8 Å². The molecular weight excluding hydrogens is 304 g/mol. The third kappa shape index (κ3) is 2.88. The van der Waals surface area contributed by atoms with Crippen LogP contribution in [-0.2, 0) is 0 Å². The molecule has 1 aliphatic carbocycles. The largest absolute Gasteiger partial charge is 0.377 e. The summed E-state index contributed by atoms with van der Waals surface area (Å²) in [5.41, 5.74) is 0.765. The summed E-state index contributed by atoms with van der Waals surface area (Å²) in [7, 11) is 0. The van der Waals surface area contributed by atoms with Gasteiger partial charge < -0.3 is 5.32 Å². The molecule has 0 bridgehead atoms. The first-order valence-corrected chi connectivity index (χ1v) is 7.73. The fourth-order valence-electron chi connectivity index (χ4n) is 2.14. The Balaban J connectivity index is 1.86. The molecule has 0 aliphatic heterocycles. The van der Waals surface area contributed by atoms with Crippen molar-refractivity contribution in [2.75, 3.05) is 5.32 Å². The molecule has 1 unspecified atom stereocenters. The summed E-state index contributed by atoms with van der Waals surface area (Å²) in [6, 6.07) is 7.60. The van der Waals surface area contributed by atoms with Crippen molar-refractivity contribution in [3.8, 4) is 0 Å². The molecule has 2 aromatic rings. The summed E-state index contributed by atoms with van der Waals surface area (Å²) < 4.78 is 13.4. The summed E-state index contributed by atoms with van der Waals surface area (Å²) in [5, 5.41) is 5.60. The minimum Gasteiger partial charge on any atom is -0.377 e. The topological polar surface area (TPSA) is 12.0 Å². The van der Waals surface area contributed by atoms with Crippen LogP contribution in [0.2, 0.25) is 10.0 Å². The Bertz CT molecular complexity index is 558. The van der Waals surface area contributed by atoms with Gasteiger partial charge in [0.25, 0.3) is 0 Å². The maximum absolute atomic E-state index is 13.4. The zero-order chi connectivity index (χ0) is 13.4. The molecule has 0 saturated heterocycles. The predicted molar refractivity (Wildman–Crippen MR) is 79.8 cm³/mol. The van der Waals surface area contributed by atoms with Crippen LogP contribution in [0.1, 0.15) is 23.8 Å². The maximum atomic E-state index is 13.4. The molecule has 100 valence electrons. The molecule has 1 N–H and O–H groups in total. The van der Waals surface area contributed by atoms with E-state index in [9.17, 15) is 4.39 Å². The fourth-order valence-corrected chi connectivity index (χ4v) is 3.49. The average molecular weight is 316 g/mol. The van der Waals surface area contributed by atoms with Gasteiger partial charge in [-0.25, -0.2) is 4.39 Å². The number of halogens is 3. The number of thiophene rings is 1. The number of anilines is 1. The van der Waals surface area contributed by atoms with Gasteiger partial charge in [-0.05, 0) is 42.3 Å². The van der Waals surface area contributed by atoms with Crippen LogP contribution in [0.15, 0.2) is 29.6 Å². The second-order valence-corrected chi connectivity index (χ2v) is 6.52. The first kappa shape index (κ1) is 13.2. The maximum Gasteiger partial charge on any atom is 0.160 e. The minimum absolute atomic E-state index is 0.0516. The van der Waals surface area contributed by atoms with Gasteiger partial charge in [0, 0.05) is 10.6 Å². The number of rotatable bonds is 4. The quantitative estimate of drug-likeness (QED) is 0.707. The lowest BCUT2D eigenvalue weighted by atomic mass is 10.1. The summed E-state index contributed by atoms with van der Waals surface area (Å²) in [5.74, 6) is 0.0780. The average Bonchev–Trinajstić information content (AvgIpc) is 3.07. The predicted octanol–water partition coefficient (Wildman–Crippen LogP) is 5.76. The molecule has 3 rings (SSSR count). The van der Waals surface area contributed by atoms with E-state index in [1.54, 1.807) is 23.5 Å². The summed E-state index contributed by atoms with van der Waals surface area (Å²) in [4.78, 5) is 1.29. The highest BCUT2D eigenvalue weighted by Crippen LogP contribution is 2.44. The Kier molecular flexibility index (Phi) is 3.70.